The summed E-state index contributed by atoms with van der Waals surface area (Å²) in [5, 5.41) is 27.0. The molecule has 1 unspecified atom stereocenters. The first-order valence-corrected chi connectivity index (χ1v) is 5.01. The minimum absolute atomic E-state index is 0.0924. The molecule has 0 aliphatic heterocycles. The van der Waals surface area contributed by atoms with Gasteiger partial charge in [0.2, 0.25) is 0 Å². The minimum Gasteiger partial charge on any atom is -0.504 e. The van der Waals surface area contributed by atoms with Gasteiger partial charge in [0, 0.05) is 18.1 Å². The number of halogens is 2. The lowest BCUT2D eigenvalue weighted by Crippen LogP contribution is -2.32. The zero-order chi connectivity index (χ0) is 12.5. The molecule has 0 aliphatic carbocycles. The Morgan fingerprint density at radius 2 is 2.12 bits per heavy atom. The van der Waals surface area contributed by atoms with Gasteiger partial charge >= 0.3 is 5.97 Å². The van der Waals surface area contributed by atoms with Crippen LogP contribution in [0.3, 0.4) is 0 Å². The van der Waals surface area contributed by atoms with E-state index < -0.39 is 29.3 Å². The summed E-state index contributed by atoms with van der Waals surface area (Å²) in [5.41, 5.74) is 5.15. The highest BCUT2D eigenvalue weighted by Gasteiger charge is 2.20. The van der Waals surface area contributed by atoms with Crippen LogP contribution in [-0.4, -0.2) is 27.3 Å². The van der Waals surface area contributed by atoms with E-state index >= 15 is 0 Å². The summed E-state index contributed by atoms with van der Waals surface area (Å²) in [4.78, 5) is 10.5. The van der Waals surface area contributed by atoms with Crippen molar-refractivity contribution >= 4 is 21.9 Å². The first-order chi connectivity index (χ1) is 7.34. The van der Waals surface area contributed by atoms with E-state index in [1.807, 2.05) is 0 Å². The van der Waals surface area contributed by atoms with Crippen LogP contribution in [0.2, 0.25) is 0 Å². The Morgan fingerprint density at radius 3 is 2.62 bits per heavy atom. The second-order valence-electron chi connectivity index (χ2n) is 3.17. The van der Waals surface area contributed by atoms with Crippen LogP contribution in [0.5, 0.6) is 11.5 Å². The number of phenolic OH excluding ortho intramolecular Hbond substituents is 2. The van der Waals surface area contributed by atoms with E-state index in [0.717, 1.165) is 0 Å². The number of hydrogen-bond donors (Lipinski definition) is 4. The second-order valence-corrected chi connectivity index (χ2v) is 3.96. The maximum absolute atomic E-state index is 13.4. The van der Waals surface area contributed by atoms with E-state index in [0.29, 0.717) is 6.07 Å². The summed E-state index contributed by atoms with van der Waals surface area (Å²) in [6.45, 7) is 0. The second kappa shape index (κ2) is 4.67. The lowest BCUT2D eigenvalue weighted by Gasteiger charge is -2.11. The molecule has 0 aliphatic rings. The molecular formula is C9H9BrFNO4. The number of hydrogen-bond acceptors (Lipinski definition) is 4. The smallest absolute Gasteiger partial charge is 0.320 e. The van der Waals surface area contributed by atoms with Gasteiger partial charge in [0.25, 0.3) is 0 Å². The van der Waals surface area contributed by atoms with Crippen LogP contribution in [0.1, 0.15) is 5.56 Å². The number of carbonyl (C=O) groups is 1. The molecule has 0 saturated carbocycles. The molecule has 16 heavy (non-hydrogen) atoms. The maximum Gasteiger partial charge on any atom is 0.320 e. The van der Waals surface area contributed by atoms with Gasteiger partial charge in [-0.05, 0) is 15.9 Å². The normalized spacial score (nSPS) is 12.4. The number of aromatic hydroxyl groups is 2. The molecule has 5 nitrogen and oxygen atoms in total. The predicted octanol–water partition coefficient (Wildman–Crippen LogP) is 0.954. The molecule has 1 rings (SSSR count). The molecule has 0 heterocycles. The standard InChI is InChI=1S/C9H9BrFNO4/c10-7-3(1-5(12)9(15)16)4(11)2-6(13)8(7)14/h2,5,13-14H,1,12H2,(H,15,16). The number of carboxylic acid groups (broad SMARTS) is 1. The molecule has 1 aromatic carbocycles. The fourth-order valence-corrected chi connectivity index (χ4v) is 1.68. The largest absolute Gasteiger partial charge is 0.504 e. The average molecular weight is 294 g/mol. The van der Waals surface area contributed by atoms with Crippen LogP contribution in [0.15, 0.2) is 10.5 Å². The van der Waals surface area contributed by atoms with E-state index in [1.165, 1.54) is 0 Å². The highest BCUT2D eigenvalue weighted by molar-refractivity contribution is 9.10. The fraction of sp³-hybridized carbons (Fsp3) is 0.222. The number of carboxylic acids is 1. The van der Waals surface area contributed by atoms with Gasteiger partial charge in [-0.25, -0.2) is 4.39 Å². The molecule has 0 saturated heterocycles. The summed E-state index contributed by atoms with van der Waals surface area (Å²) in [7, 11) is 0. The monoisotopic (exact) mass is 293 g/mol. The minimum atomic E-state index is -1.28. The molecular weight excluding hydrogens is 285 g/mol. The summed E-state index contributed by atoms with van der Waals surface area (Å²) in [6, 6.07) is -0.584. The van der Waals surface area contributed by atoms with Crippen LogP contribution >= 0.6 is 15.9 Å². The Balaban J connectivity index is 3.14. The van der Waals surface area contributed by atoms with Crippen molar-refractivity contribution in [1.82, 2.24) is 0 Å². The van der Waals surface area contributed by atoms with Crippen molar-refractivity contribution < 1.29 is 24.5 Å². The Labute approximate surface area is 98.4 Å². The van der Waals surface area contributed by atoms with Gasteiger partial charge in [-0.15, -0.1) is 0 Å². The molecule has 0 spiro atoms. The molecule has 0 amide bonds. The SMILES string of the molecule is NC(Cc1c(F)cc(O)c(O)c1Br)C(=O)O. The zero-order valence-electron chi connectivity index (χ0n) is 7.94. The number of nitrogens with two attached hydrogens (primary N) is 1. The van der Waals surface area contributed by atoms with E-state index in [-0.39, 0.29) is 16.5 Å². The Hall–Kier alpha value is -1.34. The van der Waals surface area contributed by atoms with Gasteiger partial charge in [0.15, 0.2) is 11.5 Å². The average Bonchev–Trinajstić information content (AvgIpc) is 2.20. The summed E-state index contributed by atoms with van der Waals surface area (Å²) in [6.07, 6.45) is -0.296. The highest BCUT2D eigenvalue weighted by atomic mass is 79.9. The number of aliphatic carboxylic acids is 1. The topological polar surface area (TPSA) is 104 Å². The number of phenols is 2. The van der Waals surface area contributed by atoms with Crippen molar-refractivity contribution in [3.05, 3.63) is 21.9 Å². The van der Waals surface area contributed by atoms with Crippen LogP contribution in [-0.2, 0) is 11.2 Å². The maximum atomic E-state index is 13.4. The Bertz CT molecular complexity index is 438. The molecule has 7 heteroatoms. The third kappa shape index (κ3) is 2.42. The molecule has 0 radical (unpaired) electrons. The van der Waals surface area contributed by atoms with Crippen molar-refractivity contribution in [3.63, 3.8) is 0 Å². The number of benzene rings is 1. The van der Waals surface area contributed by atoms with Crippen LogP contribution in [0.4, 0.5) is 4.39 Å². The van der Waals surface area contributed by atoms with Crippen molar-refractivity contribution in [1.29, 1.82) is 0 Å². The fourth-order valence-electron chi connectivity index (χ4n) is 1.13. The molecule has 0 fully saturated rings. The van der Waals surface area contributed by atoms with Crippen LogP contribution < -0.4 is 5.73 Å². The first-order valence-electron chi connectivity index (χ1n) is 4.21. The van der Waals surface area contributed by atoms with Gasteiger partial charge in [-0.1, -0.05) is 0 Å². The Kier molecular flexibility index (Phi) is 3.71. The Morgan fingerprint density at radius 1 is 1.56 bits per heavy atom. The summed E-state index contributed by atoms with van der Waals surface area (Å²) >= 11 is 2.86. The van der Waals surface area contributed by atoms with Crippen molar-refractivity contribution in [2.75, 3.05) is 0 Å². The number of rotatable bonds is 3. The zero-order valence-corrected chi connectivity index (χ0v) is 9.53. The van der Waals surface area contributed by atoms with Crippen molar-refractivity contribution in [2.24, 2.45) is 5.73 Å². The molecule has 5 N–H and O–H groups in total. The molecule has 1 atom stereocenters. The van der Waals surface area contributed by atoms with E-state index in [9.17, 15) is 14.3 Å². The van der Waals surface area contributed by atoms with Crippen LogP contribution in [0, 0.1) is 5.82 Å². The van der Waals surface area contributed by atoms with E-state index in [1.54, 1.807) is 0 Å². The van der Waals surface area contributed by atoms with Gasteiger partial charge in [-0.3, -0.25) is 4.79 Å². The van der Waals surface area contributed by atoms with Gasteiger partial charge in [-0.2, -0.15) is 0 Å². The molecule has 1 aromatic rings. The third-order valence-electron chi connectivity index (χ3n) is 2.01. The van der Waals surface area contributed by atoms with Crippen molar-refractivity contribution in [3.8, 4) is 11.5 Å². The third-order valence-corrected chi connectivity index (χ3v) is 2.86. The lowest BCUT2D eigenvalue weighted by atomic mass is 10.1. The van der Waals surface area contributed by atoms with Gasteiger partial charge < -0.3 is 21.1 Å². The molecule has 0 aromatic heterocycles. The lowest BCUT2D eigenvalue weighted by molar-refractivity contribution is -0.138. The van der Waals surface area contributed by atoms with Gasteiger partial charge in [0.1, 0.15) is 11.9 Å². The quantitative estimate of drug-likeness (QED) is 0.621. The molecule has 88 valence electrons. The predicted molar refractivity (Wildman–Crippen MR) is 56.7 cm³/mol. The first kappa shape index (κ1) is 12.7. The van der Waals surface area contributed by atoms with Crippen molar-refractivity contribution in [2.45, 2.75) is 12.5 Å². The summed E-state index contributed by atoms with van der Waals surface area (Å²) < 4.78 is 13.3. The summed E-state index contributed by atoms with van der Waals surface area (Å²) in [5.74, 6) is -3.29. The van der Waals surface area contributed by atoms with E-state index in [4.69, 9.17) is 15.9 Å². The highest BCUT2D eigenvalue weighted by Crippen LogP contribution is 2.37. The molecule has 0 bridgehead atoms. The van der Waals surface area contributed by atoms with Crippen LogP contribution in [0.25, 0.3) is 0 Å². The van der Waals surface area contributed by atoms with Gasteiger partial charge in [0.05, 0.1) is 4.47 Å². The van der Waals surface area contributed by atoms with E-state index in [2.05, 4.69) is 15.9 Å².